The minimum Gasteiger partial charge on any atom is -0.439 e. The summed E-state index contributed by atoms with van der Waals surface area (Å²) in [5.41, 5.74) is -0.396. The van der Waals surface area contributed by atoms with Crippen molar-refractivity contribution in [1.82, 2.24) is 14.9 Å². The summed E-state index contributed by atoms with van der Waals surface area (Å²) in [7, 11) is 2.08. The number of nitrogens with zero attached hydrogens (tertiary/aromatic N) is 4. The van der Waals surface area contributed by atoms with Gasteiger partial charge in [-0.15, -0.1) is 0 Å². The van der Waals surface area contributed by atoms with E-state index < -0.39 is 17.8 Å². The van der Waals surface area contributed by atoms with Gasteiger partial charge in [0.05, 0.1) is 11.3 Å². The minimum absolute atomic E-state index is 0.319. The van der Waals surface area contributed by atoms with Crippen LogP contribution >= 0.6 is 0 Å². The monoisotopic (exact) mass is 486 g/mol. The number of halogens is 3. The first kappa shape index (κ1) is 24.3. The Morgan fingerprint density at radius 1 is 0.971 bits per heavy atom. The fourth-order valence-corrected chi connectivity index (χ4v) is 3.61. The molecular formula is C24H25F3N6O2. The van der Waals surface area contributed by atoms with Crippen LogP contribution in [0.5, 0.6) is 11.6 Å². The van der Waals surface area contributed by atoms with Crippen molar-refractivity contribution < 1.29 is 22.7 Å². The Bertz CT molecular complexity index is 1180. The Hall–Kier alpha value is -3.86. The maximum absolute atomic E-state index is 13.3. The van der Waals surface area contributed by atoms with E-state index in [2.05, 4.69) is 37.4 Å². The van der Waals surface area contributed by atoms with Crippen molar-refractivity contribution in [3.63, 3.8) is 0 Å². The number of anilines is 3. The van der Waals surface area contributed by atoms with Crippen LogP contribution in [-0.2, 0) is 6.18 Å². The van der Waals surface area contributed by atoms with Crippen molar-refractivity contribution in [2.75, 3.05) is 48.8 Å². The molecule has 2 aromatic carbocycles. The minimum atomic E-state index is -4.58. The number of hydrogen-bond donors (Lipinski definition) is 2. The van der Waals surface area contributed by atoms with Crippen molar-refractivity contribution in [2.45, 2.75) is 13.1 Å². The first-order chi connectivity index (χ1) is 16.7. The molecule has 1 saturated heterocycles. The van der Waals surface area contributed by atoms with Crippen LogP contribution in [0.4, 0.5) is 35.2 Å². The fraction of sp³-hybridized carbons (Fsp3) is 0.292. The third-order valence-electron chi connectivity index (χ3n) is 5.52. The average Bonchev–Trinajstić information content (AvgIpc) is 2.81. The lowest BCUT2D eigenvalue weighted by molar-refractivity contribution is -0.136. The molecule has 4 rings (SSSR count). The molecule has 1 aromatic heterocycles. The van der Waals surface area contributed by atoms with Crippen LogP contribution in [0.2, 0.25) is 0 Å². The third-order valence-corrected chi connectivity index (χ3v) is 5.52. The molecule has 0 spiro atoms. The smallest absolute Gasteiger partial charge is 0.418 e. The molecule has 35 heavy (non-hydrogen) atoms. The number of carbonyl (C=O) groups is 1. The van der Waals surface area contributed by atoms with E-state index in [0.717, 1.165) is 38.1 Å². The molecular weight excluding hydrogens is 461 g/mol. The van der Waals surface area contributed by atoms with E-state index in [0.29, 0.717) is 22.9 Å². The zero-order valence-corrected chi connectivity index (χ0v) is 19.3. The predicted molar refractivity (Wildman–Crippen MR) is 127 cm³/mol. The average molecular weight is 486 g/mol. The van der Waals surface area contributed by atoms with E-state index in [-0.39, 0.29) is 5.69 Å². The van der Waals surface area contributed by atoms with Gasteiger partial charge < -0.3 is 25.2 Å². The van der Waals surface area contributed by atoms with Crippen LogP contribution in [0.25, 0.3) is 0 Å². The molecule has 0 radical (unpaired) electrons. The molecule has 1 fully saturated rings. The second-order valence-corrected chi connectivity index (χ2v) is 8.26. The Morgan fingerprint density at radius 3 is 2.37 bits per heavy atom. The van der Waals surface area contributed by atoms with E-state index in [1.165, 1.54) is 18.5 Å². The van der Waals surface area contributed by atoms with Gasteiger partial charge in [-0.25, -0.2) is 14.8 Å². The van der Waals surface area contributed by atoms with Crippen LogP contribution in [0.3, 0.4) is 0 Å². The number of aryl methyl sites for hydroxylation is 1. The maximum atomic E-state index is 13.3. The summed E-state index contributed by atoms with van der Waals surface area (Å²) in [6.45, 7) is 5.18. The molecule has 3 aromatic rings. The number of carbonyl (C=O) groups excluding carboxylic acids is 1. The molecule has 11 heteroatoms. The lowest BCUT2D eigenvalue weighted by atomic mass is 10.1. The summed E-state index contributed by atoms with van der Waals surface area (Å²) in [6.07, 6.45) is -3.14. The van der Waals surface area contributed by atoms with Gasteiger partial charge in [0.2, 0.25) is 5.88 Å². The van der Waals surface area contributed by atoms with Gasteiger partial charge in [0.1, 0.15) is 17.9 Å². The molecule has 0 saturated carbocycles. The van der Waals surface area contributed by atoms with Gasteiger partial charge in [-0.1, -0.05) is 11.6 Å². The van der Waals surface area contributed by atoms with Crippen molar-refractivity contribution >= 4 is 23.2 Å². The number of likely N-dealkylation sites (N-methyl/N-ethyl adjacent to an activating group) is 1. The van der Waals surface area contributed by atoms with Crippen molar-refractivity contribution in [3.05, 3.63) is 66.0 Å². The Labute approximate surface area is 200 Å². The first-order valence-corrected chi connectivity index (χ1v) is 11.0. The van der Waals surface area contributed by atoms with Gasteiger partial charge in [-0.05, 0) is 50.4 Å². The van der Waals surface area contributed by atoms with E-state index in [1.807, 2.05) is 0 Å². The van der Waals surface area contributed by atoms with Crippen LogP contribution in [-0.4, -0.2) is 54.1 Å². The summed E-state index contributed by atoms with van der Waals surface area (Å²) in [5, 5.41) is 4.78. The molecule has 1 aliphatic heterocycles. The van der Waals surface area contributed by atoms with Crippen molar-refractivity contribution in [2.24, 2.45) is 0 Å². The van der Waals surface area contributed by atoms with E-state index in [4.69, 9.17) is 4.74 Å². The largest absolute Gasteiger partial charge is 0.439 e. The highest BCUT2D eigenvalue weighted by molar-refractivity contribution is 6.00. The lowest BCUT2D eigenvalue weighted by Gasteiger charge is -2.33. The summed E-state index contributed by atoms with van der Waals surface area (Å²) in [4.78, 5) is 25.2. The van der Waals surface area contributed by atoms with Gasteiger partial charge >= 0.3 is 12.2 Å². The summed E-state index contributed by atoms with van der Waals surface area (Å²) in [5.74, 6) is 1.65. The van der Waals surface area contributed by atoms with Crippen LogP contribution in [0, 0.1) is 6.92 Å². The highest BCUT2D eigenvalue weighted by atomic mass is 19.4. The normalized spacial score (nSPS) is 14.5. The molecule has 0 unspecified atom stereocenters. The number of hydrogen-bond acceptors (Lipinski definition) is 6. The number of piperazine rings is 1. The molecule has 0 bridgehead atoms. The summed E-state index contributed by atoms with van der Waals surface area (Å²) >= 11 is 0. The molecule has 2 amide bonds. The van der Waals surface area contributed by atoms with Gasteiger partial charge in [-0.3, -0.25) is 0 Å². The third kappa shape index (κ3) is 6.38. The zero-order chi connectivity index (χ0) is 25.0. The van der Waals surface area contributed by atoms with E-state index in [9.17, 15) is 18.0 Å². The number of amides is 2. The fourth-order valence-electron chi connectivity index (χ4n) is 3.61. The Morgan fingerprint density at radius 2 is 1.69 bits per heavy atom. The molecule has 1 aliphatic rings. The number of urea groups is 1. The second-order valence-electron chi connectivity index (χ2n) is 8.26. The van der Waals surface area contributed by atoms with E-state index in [1.54, 1.807) is 37.3 Å². The van der Waals surface area contributed by atoms with Crippen LogP contribution in [0.1, 0.15) is 11.1 Å². The maximum Gasteiger partial charge on any atom is 0.418 e. The van der Waals surface area contributed by atoms with Crippen molar-refractivity contribution in [3.8, 4) is 11.6 Å². The molecule has 0 aliphatic carbocycles. The number of rotatable bonds is 5. The van der Waals surface area contributed by atoms with Crippen LogP contribution < -0.4 is 20.3 Å². The number of aromatic nitrogens is 2. The second kappa shape index (κ2) is 10.2. The first-order valence-electron chi connectivity index (χ1n) is 11.0. The number of ether oxygens (including phenoxy) is 1. The van der Waals surface area contributed by atoms with Gasteiger partial charge in [-0.2, -0.15) is 13.2 Å². The Balaban J connectivity index is 1.37. The van der Waals surface area contributed by atoms with E-state index >= 15 is 0 Å². The number of benzene rings is 2. The standard InChI is InChI=1S/C24H25F3N6O2/c1-16-3-8-20(19(13-16)24(25,26)27)31-23(34)30-17-4-6-18(7-5-17)35-22-14-21(28-15-29-22)33-11-9-32(2)10-12-33/h3-8,13-15H,9-12H2,1-2H3,(H2,30,31,34). The molecule has 2 heterocycles. The number of nitrogens with one attached hydrogen (secondary N) is 2. The predicted octanol–water partition coefficient (Wildman–Crippen LogP) is 4.99. The van der Waals surface area contributed by atoms with Gasteiger partial charge in [0.15, 0.2) is 0 Å². The van der Waals surface area contributed by atoms with Crippen molar-refractivity contribution in [1.29, 1.82) is 0 Å². The highest BCUT2D eigenvalue weighted by Crippen LogP contribution is 2.35. The molecule has 2 N–H and O–H groups in total. The highest BCUT2D eigenvalue weighted by Gasteiger charge is 2.34. The summed E-state index contributed by atoms with van der Waals surface area (Å²) < 4.78 is 45.6. The molecule has 8 nitrogen and oxygen atoms in total. The topological polar surface area (TPSA) is 82.6 Å². The van der Waals surface area contributed by atoms with Crippen LogP contribution in [0.15, 0.2) is 54.9 Å². The lowest BCUT2D eigenvalue weighted by Crippen LogP contribution is -2.44. The molecule has 0 atom stereocenters. The van der Waals surface area contributed by atoms with Gasteiger partial charge in [0, 0.05) is 37.9 Å². The quantitative estimate of drug-likeness (QED) is 0.529. The molecule has 184 valence electrons. The zero-order valence-electron chi connectivity index (χ0n) is 19.3. The Kier molecular flexibility index (Phi) is 7.06. The van der Waals surface area contributed by atoms with Gasteiger partial charge in [0.25, 0.3) is 0 Å². The number of alkyl halides is 3. The summed E-state index contributed by atoms with van der Waals surface area (Å²) in [6, 6.07) is 11.1. The SMILES string of the molecule is Cc1ccc(NC(=O)Nc2ccc(Oc3cc(N4CCN(C)CC4)ncn3)cc2)c(C(F)(F)F)c1.